The lowest BCUT2D eigenvalue weighted by molar-refractivity contribution is -0.132. The normalized spacial score (nSPS) is 19.9. The molecule has 0 fully saturated rings. The lowest BCUT2D eigenvalue weighted by Gasteiger charge is -2.26. The van der Waals surface area contributed by atoms with Crippen molar-refractivity contribution in [2.45, 2.75) is 31.7 Å². The molecule has 2 aliphatic heterocycles. The zero-order chi connectivity index (χ0) is 22.1. The lowest BCUT2D eigenvalue weighted by atomic mass is 10.0. The highest BCUT2D eigenvalue weighted by atomic mass is 35.5. The van der Waals surface area contributed by atoms with E-state index < -0.39 is 11.7 Å². The summed E-state index contributed by atoms with van der Waals surface area (Å²) >= 11 is 7.65. The number of hydrogen-bond donors (Lipinski definition) is 1. The first kappa shape index (κ1) is 21.5. The molecule has 160 valence electrons. The van der Waals surface area contributed by atoms with Crippen LogP contribution in [0, 0.1) is 0 Å². The van der Waals surface area contributed by atoms with Gasteiger partial charge in [-0.1, -0.05) is 29.8 Å². The number of aromatic nitrogens is 1. The predicted molar refractivity (Wildman–Crippen MR) is 123 cm³/mol. The Morgan fingerprint density at radius 1 is 1.23 bits per heavy atom. The molecule has 0 aliphatic carbocycles. The Morgan fingerprint density at radius 2 is 1.97 bits per heavy atom. The minimum absolute atomic E-state index is 0.0356. The van der Waals surface area contributed by atoms with Gasteiger partial charge in [0.1, 0.15) is 0 Å². The number of Topliss-reactive ketones (excluding diaryl/α,β-unsaturated/α-hetero) is 1. The number of pyridine rings is 1. The number of methoxy groups -OCH3 is 1. The van der Waals surface area contributed by atoms with Gasteiger partial charge in [0.25, 0.3) is 5.91 Å². The minimum atomic E-state index is -0.667. The van der Waals surface area contributed by atoms with Gasteiger partial charge in [-0.05, 0) is 42.5 Å². The summed E-state index contributed by atoms with van der Waals surface area (Å²) in [4.78, 5) is 33.4. The molecule has 1 aromatic heterocycles. The van der Waals surface area contributed by atoms with Gasteiger partial charge in [-0.25, -0.2) is 4.98 Å². The SMILES string of the molecule is COc1cc(NC(=O)C(=O)C2=C(C)N(Cc3ccc(Cl)cc3)C3C=C(C)SC23)ccn1. The molecule has 2 aromatic rings. The summed E-state index contributed by atoms with van der Waals surface area (Å²) in [6.07, 6.45) is 3.68. The van der Waals surface area contributed by atoms with E-state index in [9.17, 15) is 9.59 Å². The maximum atomic E-state index is 13.2. The van der Waals surface area contributed by atoms with Gasteiger partial charge in [0.2, 0.25) is 11.7 Å². The fraction of sp³-hybridized carbons (Fsp3) is 0.261. The first-order valence-electron chi connectivity index (χ1n) is 9.80. The van der Waals surface area contributed by atoms with Crippen LogP contribution in [0.2, 0.25) is 5.02 Å². The van der Waals surface area contributed by atoms with Gasteiger partial charge in [-0.2, -0.15) is 0 Å². The van der Waals surface area contributed by atoms with Gasteiger partial charge in [0.05, 0.1) is 18.4 Å². The van der Waals surface area contributed by atoms with Crippen molar-refractivity contribution in [1.82, 2.24) is 9.88 Å². The molecule has 0 radical (unpaired) electrons. The number of ketones is 1. The van der Waals surface area contributed by atoms with Gasteiger partial charge in [0, 0.05) is 40.8 Å². The van der Waals surface area contributed by atoms with Crippen molar-refractivity contribution >= 4 is 40.7 Å². The Morgan fingerprint density at radius 3 is 2.68 bits per heavy atom. The maximum Gasteiger partial charge on any atom is 0.296 e. The molecule has 2 unspecified atom stereocenters. The van der Waals surface area contributed by atoms with Crippen LogP contribution in [0.3, 0.4) is 0 Å². The molecule has 0 saturated carbocycles. The molecule has 1 aromatic carbocycles. The van der Waals surface area contributed by atoms with Gasteiger partial charge in [-0.3, -0.25) is 9.59 Å². The van der Waals surface area contributed by atoms with Crippen LogP contribution in [0.5, 0.6) is 5.88 Å². The van der Waals surface area contributed by atoms with E-state index in [4.69, 9.17) is 16.3 Å². The quantitative estimate of drug-likeness (QED) is 0.650. The highest BCUT2D eigenvalue weighted by Crippen LogP contribution is 2.46. The standard InChI is InChI=1S/C23H22ClN3O3S/c1-13-10-18-22(31-13)20(14(2)27(18)12-15-4-6-16(24)7-5-15)21(28)23(29)26-17-8-9-25-19(11-17)30-3/h4-11,18,22H,12H2,1-3H3,(H,25,26,29). The van der Waals surface area contributed by atoms with Crippen molar-refractivity contribution in [3.05, 3.63) is 75.4 Å². The van der Waals surface area contributed by atoms with Crippen LogP contribution in [0.4, 0.5) is 5.69 Å². The number of carbonyl (C=O) groups excluding carboxylic acids is 2. The summed E-state index contributed by atoms with van der Waals surface area (Å²) < 4.78 is 5.08. The van der Waals surface area contributed by atoms with E-state index in [0.717, 1.165) is 16.2 Å². The smallest absolute Gasteiger partial charge is 0.296 e. The summed E-state index contributed by atoms with van der Waals surface area (Å²) in [6.45, 7) is 4.58. The van der Waals surface area contributed by atoms with Crippen LogP contribution in [0.1, 0.15) is 19.4 Å². The third kappa shape index (κ3) is 4.34. The van der Waals surface area contributed by atoms with Crippen molar-refractivity contribution in [3.63, 3.8) is 0 Å². The Hall–Kier alpha value is -2.77. The van der Waals surface area contributed by atoms with Gasteiger partial charge < -0.3 is 15.0 Å². The average molecular weight is 456 g/mol. The number of hydrogen-bond acceptors (Lipinski definition) is 6. The van der Waals surface area contributed by atoms with E-state index in [2.05, 4.69) is 21.3 Å². The Kier molecular flexibility index (Phi) is 6.07. The van der Waals surface area contributed by atoms with Gasteiger partial charge in [-0.15, -0.1) is 11.8 Å². The van der Waals surface area contributed by atoms with Crippen LogP contribution in [0.25, 0.3) is 0 Å². The van der Waals surface area contributed by atoms with Crippen molar-refractivity contribution in [2.24, 2.45) is 0 Å². The average Bonchev–Trinajstić information content (AvgIpc) is 3.24. The van der Waals surface area contributed by atoms with Gasteiger partial charge in [0.15, 0.2) is 0 Å². The number of thioether (sulfide) groups is 1. The lowest BCUT2D eigenvalue weighted by Crippen LogP contribution is -2.32. The number of halogens is 1. The third-order valence-electron chi connectivity index (χ3n) is 5.41. The number of allylic oxidation sites excluding steroid dienone is 2. The first-order valence-corrected chi connectivity index (χ1v) is 11.1. The number of fused-ring (bicyclic) bond motifs is 1. The second-order valence-corrected chi connectivity index (χ2v) is 9.25. The number of nitrogens with one attached hydrogen (secondary N) is 1. The largest absolute Gasteiger partial charge is 0.481 e. The molecule has 4 rings (SSSR count). The van der Waals surface area contributed by atoms with E-state index >= 15 is 0 Å². The highest BCUT2D eigenvalue weighted by molar-refractivity contribution is 8.04. The Bertz CT molecular complexity index is 1100. The fourth-order valence-corrected chi connectivity index (χ4v) is 5.42. The summed E-state index contributed by atoms with van der Waals surface area (Å²) in [5.41, 5.74) is 2.93. The monoisotopic (exact) mass is 455 g/mol. The molecule has 0 saturated heterocycles. The highest BCUT2D eigenvalue weighted by Gasteiger charge is 2.45. The number of anilines is 1. The van der Waals surface area contributed by atoms with Crippen molar-refractivity contribution in [3.8, 4) is 5.88 Å². The topological polar surface area (TPSA) is 71.5 Å². The zero-order valence-electron chi connectivity index (χ0n) is 17.4. The molecule has 31 heavy (non-hydrogen) atoms. The summed E-state index contributed by atoms with van der Waals surface area (Å²) in [7, 11) is 1.49. The zero-order valence-corrected chi connectivity index (χ0v) is 19.0. The molecule has 2 atom stereocenters. The van der Waals surface area contributed by atoms with Gasteiger partial charge >= 0.3 is 0 Å². The molecule has 8 heteroatoms. The van der Waals surface area contributed by atoms with E-state index in [1.807, 2.05) is 38.1 Å². The predicted octanol–water partition coefficient (Wildman–Crippen LogP) is 4.43. The minimum Gasteiger partial charge on any atom is -0.481 e. The van der Waals surface area contributed by atoms with E-state index in [1.54, 1.807) is 23.9 Å². The summed E-state index contributed by atoms with van der Waals surface area (Å²) in [6, 6.07) is 10.9. The summed E-state index contributed by atoms with van der Waals surface area (Å²) in [5, 5.41) is 3.26. The molecule has 1 N–H and O–H groups in total. The Balaban J connectivity index is 1.59. The molecule has 3 heterocycles. The van der Waals surface area contributed by atoms with E-state index in [1.165, 1.54) is 13.3 Å². The van der Waals surface area contributed by atoms with Crippen LogP contribution in [-0.4, -0.2) is 40.0 Å². The fourth-order valence-electron chi connectivity index (χ4n) is 3.92. The molecule has 2 aliphatic rings. The third-order valence-corrected chi connectivity index (χ3v) is 6.94. The van der Waals surface area contributed by atoms with E-state index in [-0.39, 0.29) is 11.3 Å². The molecule has 0 bridgehead atoms. The molecule has 6 nitrogen and oxygen atoms in total. The van der Waals surface area contributed by atoms with Crippen LogP contribution < -0.4 is 10.1 Å². The second-order valence-electron chi connectivity index (χ2n) is 7.43. The number of ether oxygens (including phenoxy) is 1. The molecule has 0 spiro atoms. The Labute approximate surface area is 190 Å². The van der Waals surface area contributed by atoms with E-state index in [0.29, 0.717) is 28.7 Å². The second kappa shape index (κ2) is 8.77. The van der Waals surface area contributed by atoms with Crippen molar-refractivity contribution in [2.75, 3.05) is 12.4 Å². The molecular formula is C23H22ClN3O3S. The van der Waals surface area contributed by atoms with Crippen LogP contribution in [-0.2, 0) is 16.1 Å². The molecule has 1 amide bonds. The number of nitrogens with zero attached hydrogens (tertiary/aromatic N) is 2. The number of carbonyl (C=O) groups is 2. The summed E-state index contributed by atoms with van der Waals surface area (Å²) in [5.74, 6) is -0.820. The number of rotatable bonds is 6. The van der Waals surface area contributed by atoms with Crippen LogP contribution in [0.15, 0.2) is 64.8 Å². The first-order chi connectivity index (χ1) is 14.9. The molecular weight excluding hydrogens is 434 g/mol. The van der Waals surface area contributed by atoms with Crippen molar-refractivity contribution in [1.29, 1.82) is 0 Å². The number of benzene rings is 1. The van der Waals surface area contributed by atoms with Crippen molar-refractivity contribution < 1.29 is 14.3 Å². The number of amides is 1. The van der Waals surface area contributed by atoms with Crippen LogP contribution >= 0.6 is 23.4 Å². The maximum absolute atomic E-state index is 13.2.